The molecule has 1 radical (unpaired) electrons. The van der Waals surface area contributed by atoms with Crippen molar-refractivity contribution in [3.05, 3.63) is 10.1 Å². The fraction of sp³-hybridized carbons (Fsp3) is 0. The maximum Gasteiger partial charge on any atom is 1.00 e. The summed E-state index contributed by atoms with van der Waals surface area (Å²) >= 11 is 0. The molecule has 0 aliphatic rings. The molecule has 0 N–H and O–H groups in total. The summed E-state index contributed by atoms with van der Waals surface area (Å²) in [6.45, 7) is 0. The Morgan fingerprint density at radius 1 is 1.60 bits per heavy atom. The van der Waals surface area contributed by atoms with E-state index in [4.69, 9.17) is 10.1 Å². The zero-order valence-corrected chi connectivity index (χ0v) is 6.24. The molecule has 0 fully saturated rings. The van der Waals surface area contributed by atoms with Crippen LogP contribution >= 0.6 is 0 Å². The van der Waals surface area contributed by atoms with E-state index in [1.807, 2.05) is 0 Å². The first-order valence-electron chi connectivity index (χ1n) is 0.365. The fourth-order valence-electron chi connectivity index (χ4n) is 0. The van der Waals surface area contributed by atoms with Crippen LogP contribution < -0.4 is 29.6 Å². The van der Waals surface area contributed by atoms with E-state index in [1.54, 1.807) is 0 Å². The van der Waals surface area contributed by atoms with Gasteiger partial charge in [-0.25, -0.2) is 0 Å². The molecule has 0 saturated carbocycles. The summed E-state index contributed by atoms with van der Waals surface area (Å²) in [6, 6.07) is 0. The molecule has 5 heteroatoms. The van der Waals surface area contributed by atoms with Crippen LogP contribution in [0.3, 0.4) is 0 Å². The Labute approximate surface area is 64.1 Å². The Hall–Kier alpha value is 1.02. The van der Waals surface area contributed by atoms with Crippen molar-refractivity contribution >= 4 is 0 Å². The Bertz CT molecular complexity index is 17.1. The first-order valence-corrected chi connectivity index (χ1v) is 0.365. The summed E-state index contributed by atoms with van der Waals surface area (Å²) in [7, 11) is 0. The van der Waals surface area contributed by atoms with Gasteiger partial charge in [-0.3, -0.25) is 0 Å². The summed E-state index contributed by atoms with van der Waals surface area (Å²) in [4.78, 5) is 8.00. The third-order valence-corrected chi connectivity index (χ3v) is 0. The van der Waals surface area contributed by atoms with Crippen LogP contribution in [0.15, 0.2) is 5.34 Å². The third kappa shape index (κ3) is 43.8. The molecule has 27 valence electrons. The van der Waals surface area contributed by atoms with Gasteiger partial charge in [0, 0.05) is 19.5 Å². The zero-order valence-electron chi connectivity index (χ0n) is 2.60. The van der Waals surface area contributed by atoms with Crippen LogP contribution in [0.25, 0.3) is 0 Å². The molecule has 0 aromatic rings. The molecule has 0 unspecified atom stereocenters. The molecule has 0 spiro atoms. The summed E-state index contributed by atoms with van der Waals surface area (Å²) in [5.41, 5.74) is 0. The van der Waals surface area contributed by atoms with Gasteiger partial charge >= 0.3 is 29.6 Å². The maximum absolute atomic E-state index is 8.00. The van der Waals surface area contributed by atoms with E-state index in [-0.39, 0.29) is 49.0 Å². The van der Waals surface area contributed by atoms with Crippen molar-refractivity contribution in [2.24, 2.45) is 5.34 Å². The predicted molar refractivity (Wildman–Crippen MR) is 9.16 cm³/mol. The molecule has 0 heterocycles. The first-order chi connectivity index (χ1) is 1.41. The minimum Gasteiger partial charge on any atom is -0.444 e. The molecule has 0 aromatic carbocycles. The Morgan fingerprint density at radius 2 is 1.60 bits per heavy atom. The number of hydrogen-bond acceptors (Lipinski definition) is 3. The van der Waals surface area contributed by atoms with Gasteiger partial charge in [0.15, 0.2) is 0 Å². The van der Waals surface area contributed by atoms with Crippen molar-refractivity contribution in [1.82, 2.24) is 0 Å². The summed E-state index contributed by atoms with van der Waals surface area (Å²) in [6.07, 6.45) is 0. The Morgan fingerprint density at radius 3 is 1.60 bits per heavy atom. The normalized spacial score (nSPS) is 2.40. The van der Waals surface area contributed by atoms with E-state index in [0.717, 1.165) is 5.34 Å². The van der Waals surface area contributed by atoms with Gasteiger partial charge in [0.1, 0.15) is 0 Å². The Kier molecular flexibility index (Phi) is 66.1. The van der Waals surface area contributed by atoms with Gasteiger partial charge in [-0.15, -0.1) is 5.34 Å². The van der Waals surface area contributed by atoms with Crippen molar-refractivity contribution in [3.8, 4) is 0 Å². The average Bonchev–Trinajstić information content (AvgIpc) is 0.918. The molecule has 3 nitrogen and oxygen atoms in total. The van der Waals surface area contributed by atoms with Crippen molar-refractivity contribution in [2.75, 3.05) is 0 Å². The summed E-state index contributed by atoms with van der Waals surface area (Å²) in [5, 5.41) is 9.00. The smallest absolute Gasteiger partial charge is 0.444 e. The molecule has 0 atom stereocenters. The van der Waals surface area contributed by atoms with E-state index < -0.39 is 0 Å². The van der Waals surface area contributed by atoms with E-state index in [2.05, 4.69) is 0 Å². The largest absolute Gasteiger partial charge is 1.00 e. The molecule has 0 rings (SSSR count). The van der Waals surface area contributed by atoms with Crippen LogP contribution in [-0.2, 0) is 19.5 Å². The van der Waals surface area contributed by atoms with Gasteiger partial charge in [-0.05, 0) is 0 Å². The van der Waals surface area contributed by atoms with Crippen LogP contribution in [0.4, 0.5) is 0 Å². The molecular formula is NNaO2Rh. The summed E-state index contributed by atoms with van der Waals surface area (Å²) in [5.74, 6) is 0. The van der Waals surface area contributed by atoms with E-state index in [9.17, 15) is 0 Å². The Balaban J connectivity index is -0.0000000200. The monoisotopic (exact) mass is 172 g/mol. The van der Waals surface area contributed by atoms with Gasteiger partial charge in [0.05, 0.1) is 0 Å². The van der Waals surface area contributed by atoms with Crippen molar-refractivity contribution in [1.29, 1.82) is 0 Å². The van der Waals surface area contributed by atoms with Gasteiger partial charge in [0.25, 0.3) is 0 Å². The van der Waals surface area contributed by atoms with Gasteiger partial charge in [0.2, 0.25) is 0 Å². The topological polar surface area (TPSA) is 52.5 Å². The predicted octanol–water partition coefficient (Wildman–Crippen LogP) is -2.75. The molecule has 0 aliphatic heterocycles. The van der Waals surface area contributed by atoms with Crippen molar-refractivity contribution < 1.29 is 49.0 Å². The molecule has 0 bridgehead atoms. The number of rotatable bonds is 0. The van der Waals surface area contributed by atoms with E-state index in [1.165, 1.54) is 0 Å². The zero-order chi connectivity index (χ0) is 2.71. The average molecular weight is 172 g/mol. The fourth-order valence-corrected chi connectivity index (χ4v) is 0. The second kappa shape index (κ2) is 19.9. The SMILES string of the molecule is O=N[O-].[Na+].[Rh]. The van der Waals surface area contributed by atoms with Crippen LogP contribution in [0.1, 0.15) is 0 Å². The van der Waals surface area contributed by atoms with Gasteiger partial charge < -0.3 is 10.1 Å². The molecule has 0 saturated heterocycles. The third-order valence-electron chi connectivity index (χ3n) is 0. The second-order valence-electron chi connectivity index (χ2n) is 0.0745. The number of nitrogens with zero attached hydrogens (tertiary/aromatic N) is 1. The quantitative estimate of drug-likeness (QED) is 0.226. The first kappa shape index (κ1) is 16.6. The molecular weight excluding hydrogens is 172 g/mol. The number of hydrogen-bond donors (Lipinski definition) is 0. The van der Waals surface area contributed by atoms with E-state index >= 15 is 0 Å². The van der Waals surface area contributed by atoms with Crippen molar-refractivity contribution in [3.63, 3.8) is 0 Å². The van der Waals surface area contributed by atoms with E-state index in [0.29, 0.717) is 0 Å². The molecule has 0 amide bonds. The molecule has 0 aromatic heterocycles. The van der Waals surface area contributed by atoms with Crippen molar-refractivity contribution in [2.45, 2.75) is 0 Å². The minimum atomic E-state index is 0. The standard InChI is InChI=1S/HNO2.Na.Rh/c2-1-3;;/h(H,2,3);;/q;+1;/p-1. The molecule has 5 heavy (non-hydrogen) atoms. The van der Waals surface area contributed by atoms with Crippen LogP contribution in [0.2, 0.25) is 0 Å². The molecule has 0 aliphatic carbocycles. The van der Waals surface area contributed by atoms with Gasteiger partial charge in [-0.2, -0.15) is 0 Å². The van der Waals surface area contributed by atoms with Crippen LogP contribution in [0, 0.1) is 10.1 Å². The maximum atomic E-state index is 8.00. The van der Waals surface area contributed by atoms with Crippen LogP contribution in [-0.4, -0.2) is 0 Å². The second-order valence-corrected chi connectivity index (χ2v) is 0.0745. The minimum absolute atomic E-state index is 0. The summed E-state index contributed by atoms with van der Waals surface area (Å²) < 4.78 is 0. The van der Waals surface area contributed by atoms with Crippen LogP contribution in [0.5, 0.6) is 0 Å². The van der Waals surface area contributed by atoms with Gasteiger partial charge in [-0.1, -0.05) is 0 Å².